The number of hydrogen-bond acceptors (Lipinski definition) is 3. The Bertz CT molecular complexity index is 1400. The van der Waals surface area contributed by atoms with Gasteiger partial charge in [-0.1, -0.05) is 72.8 Å². The van der Waals surface area contributed by atoms with Gasteiger partial charge in [0.1, 0.15) is 0 Å². The molecule has 4 aromatic carbocycles. The van der Waals surface area contributed by atoms with Crippen molar-refractivity contribution in [1.82, 2.24) is 0 Å². The Labute approximate surface area is 200 Å². The monoisotopic (exact) mass is 470 g/mol. The van der Waals surface area contributed by atoms with E-state index >= 15 is 0 Å². The normalized spacial score (nSPS) is 11.1. The Morgan fingerprint density at radius 3 is 2.09 bits per heavy atom. The molecule has 0 unspecified atom stereocenters. The van der Waals surface area contributed by atoms with Crippen molar-refractivity contribution in [3.63, 3.8) is 0 Å². The molecule has 172 valence electrons. The van der Waals surface area contributed by atoms with E-state index in [0.29, 0.717) is 11.4 Å². The van der Waals surface area contributed by atoms with Gasteiger partial charge in [0.05, 0.1) is 22.7 Å². The van der Waals surface area contributed by atoms with E-state index < -0.39 is 10.0 Å². The van der Waals surface area contributed by atoms with Gasteiger partial charge in [-0.3, -0.25) is 9.10 Å². The average molecular weight is 471 g/mol. The third-order valence-corrected chi connectivity index (χ3v) is 7.54. The highest BCUT2D eigenvalue weighted by atomic mass is 32.2. The van der Waals surface area contributed by atoms with Gasteiger partial charge in [0.2, 0.25) is 0 Å². The summed E-state index contributed by atoms with van der Waals surface area (Å²) in [6.07, 6.45) is 0. The summed E-state index contributed by atoms with van der Waals surface area (Å²) in [7, 11) is -3.94. The second kappa shape index (κ2) is 9.93. The van der Waals surface area contributed by atoms with Gasteiger partial charge < -0.3 is 5.32 Å². The van der Waals surface area contributed by atoms with E-state index in [2.05, 4.69) is 5.32 Å². The summed E-state index contributed by atoms with van der Waals surface area (Å²) in [5.74, 6) is -0.370. The zero-order chi connectivity index (χ0) is 24.1. The molecule has 1 amide bonds. The van der Waals surface area contributed by atoms with Gasteiger partial charge in [0.15, 0.2) is 0 Å². The van der Waals surface area contributed by atoms with Crippen LogP contribution in [0.15, 0.2) is 108 Å². The van der Waals surface area contributed by atoms with Crippen LogP contribution in [-0.4, -0.2) is 14.3 Å². The summed E-state index contributed by atoms with van der Waals surface area (Å²) in [6.45, 7) is 4.01. The molecule has 0 spiro atoms. The summed E-state index contributed by atoms with van der Waals surface area (Å²) < 4.78 is 28.8. The highest BCUT2D eigenvalue weighted by Gasteiger charge is 2.28. The molecule has 0 heterocycles. The summed E-state index contributed by atoms with van der Waals surface area (Å²) in [5, 5.41) is 2.96. The van der Waals surface area contributed by atoms with Crippen molar-refractivity contribution in [3.8, 4) is 0 Å². The predicted octanol–water partition coefficient (Wildman–Crippen LogP) is 5.95. The summed E-state index contributed by atoms with van der Waals surface area (Å²) in [5.41, 5.74) is 4.12. The minimum atomic E-state index is -3.94. The van der Waals surface area contributed by atoms with E-state index in [4.69, 9.17) is 0 Å². The summed E-state index contributed by atoms with van der Waals surface area (Å²) in [4.78, 5) is 13.5. The maximum Gasteiger partial charge on any atom is 0.264 e. The van der Waals surface area contributed by atoms with Gasteiger partial charge in [0.25, 0.3) is 15.9 Å². The fraction of sp³-hybridized carbons (Fsp3) is 0.107. The van der Waals surface area contributed by atoms with Gasteiger partial charge >= 0.3 is 0 Å². The molecular weight excluding hydrogens is 444 g/mol. The van der Waals surface area contributed by atoms with Crippen LogP contribution in [0.3, 0.4) is 0 Å². The number of sulfonamides is 1. The van der Waals surface area contributed by atoms with Crippen molar-refractivity contribution in [3.05, 3.63) is 125 Å². The molecular formula is C28H26N2O3S. The summed E-state index contributed by atoms with van der Waals surface area (Å²) >= 11 is 0. The average Bonchev–Trinajstić information content (AvgIpc) is 2.86. The van der Waals surface area contributed by atoms with Crippen LogP contribution in [0.25, 0.3) is 0 Å². The van der Waals surface area contributed by atoms with Gasteiger partial charge in [-0.05, 0) is 60.9 Å². The van der Waals surface area contributed by atoms with E-state index in [1.54, 1.807) is 54.6 Å². The van der Waals surface area contributed by atoms with Crippen molar-refractivity contribution < 1.29 is 13.2 Å². The summed E-state index contributed by atoms with van der Waals surface area (Å²) in [6, 6.07) is 30.1. The molecule has 5 nitrogen and oxygen atoms in total. The largest absolute Gasteiger partial charge is 0.322 e. The molecule has 0 saturated heterocycles. The van der Waals surface area contributed by atoms with Gasteiger partial charge in [-0.15, -0.1) is 0 Å². The lowest BCUT2D eigenvalue weighted by molar-refractivity contribution is 0.102. The number of hydrogen-bond donors (Lipinski definition) is 1. The molecule has 0 atom stereocenters. The van der Waals surface area contributed by atoms with Crippen molar-refractivity contribution in [1.29, 1.82) is 0 Å². The SMILES string of the molecule is Cc1cccc(NC(=O)c2ccccc2N(Cc2ccccc2)S(=O)(=O)c2ccccc2)c1C. The quantitative estimate of drug-likeness (QED) is 0.363. The first-order valence-corrected chi connectivity index (χ1v) is 12.4. The lowest BCUT2D eigenvalue weighted by atomic mass is 10.1. The Morgan fingerprint density at radius 1 is 0.765 bits per heavy atom. The van der Waals surface area contributed by atoms with Gasteiger partial charge in [-0.2, -0.15) is 0 Å². The number of rotatable bonds is 7. The zero-order valence-corrected chi connectivity index (χ0v) is 19.9. The number of carbonyl (C=O) groups excluding carboxylic acids is 1. The maximum absolute atomic E-state index is 13.8. The lowest BCUT2D eigenvalue weighted by Gasteiger charge is -2.26. The van der Waals surface area contributed by atoms with Crippen LogP contribution in [0.4, 0.5) is 11.4 Å². The van der Waals surface area contributed by atoms with Crippen molar-refractivity contribution in [2.45, 2.75) is 25.3 Å². The molecule has 0 aliphatic rings. The fourth-order valence-corrected chi connectivity index (χ4v) is 5.22. The molecule has 0 bridgehead atoms. The minimum Gasteiger partial charge on any atom is -0.322 e. The molecule has 0 saturated carbocycles. The number of aryl methyl sites for hydroxylation is 1. The number of nitrogens with zero attached hydrogens (tertiary/aromatic N) is 1. The zero-order valence-electron chi connectivity index (χ0n) is 19.1. The Balaban J connectivity index is 1.79. The Kier molecular flexibility index (Phi) is 6.80. The molecule has 0 aromatic heterocycles. The standard InChI is InChI=1S/C28H26N2O3S/c1-21-12-11-18-26(22(21)2)29-28(31)25-17-9-10-19-27(25)30(20-23-13-5-3-6-14-23)34(32,33)24-15-7-4-8-16-24/h3-19H,20H2,1-2H3,(H,29,31). The van der Waals surface area contributed by atoms with Crippen molar-refractivity contribution in [2.75, 3.05) is 9.62 Å². The number of amides is 1. The van der Waals surface area contributed by atoms with E-state index in [9.17, 15) is 13.2 Å². The third-order valence-electron chi connectivity index (χ3n) is 5.77. The van der Waals surface area contributed by atoms with Crippen molar-refractivity contribution in [2.24, 2.45) is 0 Å². The van der Waals surface area contributed by atoms with Crippen LogP contribution in [0, 0.1) is 13.8 Å². The molecule has 1 N–H and O–H groups in total. The Morgan fingerprint density at radius 2 is 1.38 bits per heavy atom. The first-order valence-electron chi connectivity index (χ1n) is 11.0. The second-order valence-electron chi connectivity index (χ2n) is 8.03. The lowest BCUT2D eigenvalue weighted by Crippen LogP contribution is -2.32. The molecule has 0 fully saturated rings. The van der Waals surface area contributed by atoms with Crippen LogP contribution < -0.4 is 9.62 Å². The number of anilines is 2. The maximum atomic E-state index is 13.8. The number of benzene rings is 4. The first-order chi connectivity index (χ1) is 16.4. The molecule has 4 aromatic rings. The number of carbonyl (C=O) groups is 1. The van der Waals surface area contributed by atoms with Crippen LogP contribution in [0.2, 0.25) is 0 Å². The molecule has 0 aliphatic heterocycles. The van der Waals surface area contributed by atoms with Crippen LogP contribution in [0.5, 0.6) is 0 Å². The first kappa shape index (κ1) is 23.3. The Hall–Kier alpha value is -3.90. The molecule has 4 rings (SSSR count). The van der Waals surface area contributed by atoms with Crippen LogP contribution >= 0.6 is 0 Å². The van der Waals surface area contributed by atoms with E-state index in [0.717, 1.165) is 16.7 Å². The highest BCUT2D eigenvalue weighted by molar-refractivity contribution is 7.92. The molecule has 34 heavy (non-hydrogen) atoms. The molecule has 6 heteroatoms. The highest BCUT2D eigenvalue weighted by Crippen LogP contribution is 2.30. The number of para-hydroxylation sites is 1. The van der Waals surface area contributed by atoms with Crippen molar-refractivity contribution >= 4 is 27.3 Å². The topological polar surface area (TPSA) is 66.5 Å². The van der Waals surface area contributed by atoms with Crippen LogP contribution in [0.1, 0.15) is 27.0 Å². The van der Waals surface area contributed by atoms with E-state index in [-0.39, 0.29) is 22.9 Å². The molecule has 0 aliphatic carbocycles. The van der Waals surface area contributed by atoms with Gasteiger partial charge in [-0.25, -0.2) is 8.42 Å². The van der Waals surface area contributed by atoms with E-state index in [1.807, 2.05) is 62.4 Å². The smallest absolute Gasteiger partial charge is 0.264 e. The van der Waals surface area contributed by atoms with Gasteiger partial charge in [0, 0.05) is 5.69 Å². The third kappa shape index (κ3) is 4.87. The number of nitrogens with one attached hydrogen (secondary N) is 1. The van der Waals surface area contributed by atoms with Crippen LogP contribution in [-0.2, 0) is 16.6 Å². The molecule has 0 radical (unpaired) electrons. The fourth-order valence-electron chi connectivity index (χ4n) is 3.73. The predicted molar refractivity (Wildman–Crippen MR) is 137 cm³/mol. The second-order valence-corrected chi connectivity index (χ2v) is 9.89. The minimum absolute atomic E-state index is 0.0891. The van der Waals surface area contributed by atoms with E-state index in [1.165, 1.54) is 4.31 Å².